The molecule has 3 aromatic rings. The zero-order valence-electron chi connectivity index (χ0n) is 16.7. The van der Waals surface area contributed by atoms with E-state index in [1.807, 2.05) is 34.9 Å². The Morgan fingerprint density at radius 2 is 1.90 bits per heavy atom. The van der Waals surface area contributed by atoms with Crippen LogP contribution in [0.5, 0.6) is 0 Å². The van der Waals surface area contributed by atoms with Crippen LogP contribution in [0.25, 0.3) is 11.4 Å². The van der Waals surface area contributed by atoms with Crippen molar-refractivity contribution in [2.45, 2.75) is 13.5 Å². The normalized spacial score (nSPS) is 11.4. The molecule has 2 heterocycles. The van der Waals surface area contributed by atoms with Crippen LogP contribution in [0.1, 0.15) is 21.6 Å². The van der Waals surface area contributed by atoms with Crippen LogP contribution in [-0.2, 0) is 23.6 Å². The average Bonchev–Trinajstić information content (AvgIpc) is 3.09. The molecule has 1 aromatic carbocycles. The SMILES string of the molecule is Cc1cc(-c2nc(C(=O)NCCS(N)(=O)=O)cn2Cc2ccccc2)cn(C)c1=O. The van der Waals surface area contributed by atoms with E-state index in [0.717, 1.165) is 5.56 Å². The monoisotopic (exact) mass is 429 g/mol. The van der Waals surface area contributed by atoms with Crippen molar-refractivity contribution in [3.63, 3.8) is 0 Å². The minimum Gasteiger partial charge on any atom is -0.350 e. The zero-order chi connectivity index (χ0) is 21.9. The number of nitrogens with zero attached hydrogens (tertiary/aromatic N) is 3. The summed E-state index contributed by atoms with van der Waals surface area (Å²) < 4.78 is 25.4. The molecule has 10 heteroatoms. The number of carbonyl (C=O) groups is 1. The summed E-state index contributed by atoms with van der Waals surface area (Å²) in [6.07, 6.45) is 3.27. The molecule has 0 fully saturated rings. The Morgan fingerprint density at radius 3 is 2.53 bits per heavy atom. The van der Waals surface area contributed by atoms with Crippen molar-refractivity contribution in [2.75, 3.05) is 12.3 Å². The van der Waals surface area contributed by atoms with Gasteiger partial charge in [-0.2, -0.15) is 0 Å². The van der Waals surface area contributed by atoms with Crippen LogP contribution < -0.4 is 16.0 Å². The predicted octanol–water partition coefficient (Wildman–Crippen LogP) is 0.624. The summed E-state index contributed by atoms with van der Waals surface area (Å²) >= 11 is 0. The van der Waals surface area contributed by atoms with Gasteiger partial charge in [-0.05, 0) is 18.6 Å². The Balaban J connectivity index is 1.97. The third-order valence-corrected chi connectivity index (χ3v) is 5.27. The third kappa shape index (κ3) is 5.22. The summed E-state index contributed by atoms with van der Waals surface area (Å²) in [5.74, 6) is -0.349. The van der Waals surface area contributed by atoms with E-state index in [9.17, 15) is 18.0 Å². The van der Waals surface area contributed by atoms with E-state index in [-0.39, 0.29) is 23.6 Å². The Hall–Kier alpha value is -3.24. The van der Waals surface area contributed by atoms with E-state index in [1.165, 1.54) is 4.57 Å². The van der Waals surface area contributed by atoms with Crippen molar-refractivity contribution in [3.05, 3.63) is 76.0 Å². The first-order chi connectivity index (χ1) is 14.1. The highest BCUT2D eigenvalue weighted by molar-refractivity contribution is 7.89. The molecular formula is C20H23N5O4S. The number of rotatable bonds is 7. The quantitative estimate of drug-likeness (QED) is 0.569. The first-order valence-electron chi connectivity index (χ1n) is 9.21. The van der Waals surface area contributed by atoms with Crippen LogP contribution >= 0.6 is 0 Å². The van der Waals surface area contributed by atoms with Crippen LogP contribution in [0.2, 0.25) is 0 Å². The maximum atomic E-state index is 12.5. The average molecular weight is 430 g/mol. The first kappa shape index (κ1) is 21.5. The third-order valence-electron chi connectivity index (χ3n) is 4.50. The summed E-state index contributed by atoms with van der Waals surface area (Å²) in [5, 5.41) is 7.48. The van der Waals surface area contributed by atoms with Gasteiger partial charge in [-0.3, -0.25) is 9.59 Å². The molecule has 0 spiro atoms. The fourth-order valence-corrected chi connectivity index (χ4v) is 3.44. The minimum absolute atomic E-state index is 0.110. The molecule has 0 saturated heterocycles. The van der Waals surface area contributed by atoms with Gasteiger partial charge < -0.3 is 14.5 Å². The number of nitrogens with one attached hydrogen (secondary N) is 1. The first-order valence-corrected chi connectivity index (χ1v) is 10.9. The Labute approximate surface area is 174 Å². The van der Waals surface area contributed by atoms with Crippen LogP contribution in [-0.4, -0.2) is 40.7 Å². The number of aryl methyl sites for hydroxylation is 2. The summed E-state index contributed by atoms with van der Waals surface area (Å²) in [6, 6.07) is 11.4. The summed E-state index contributed by atoms with van der Waals surface area (Å²) in [5.41, 5.74) is 2.29. The number of amides is 1. The lowest BCUT2D eigenvalue weighted by atomic mass is 10.2. The maximum absolute atomic E-state index is 12.5. The summed E-state index contributed by atoms with van der Waals surface area (Å²) in [4.78, 5) is 29.0. The van der Waals surface area contributed by atoms with Gasteiger partial charge in [0.15, 0.2) is 0 Å². The topological polar surface area (TPSA) is 129 Å². The number of imidazole rings is 1. The van der Waals surface area contributed by atoms with E-state index < -0.39 is 15.9 Å². The van der Waals surface area contributed by atoms with Gasteiger partial charge in [0.1, 0.15) is 11.5 Å². The Morgan fingerprint density at radius 1 is 1.20 bits per heavy atom. The number of primary sulfonamides is 1. The number of pyridine rings is 1. The van der Waals surface area contributed by atoms with Crippen LogP contribution in [0.3, 0.4) is 0 Å². The van der Waals surface area contributed by atoms with E-state index in [1.54, 1.807) is 32.4 Å². The molecule has 1 amide bonds. The predicted molar refractivity (Wildman–Crippen MR) is 113 cm³/mol. The van der Waals surface area contributed by atoms with Gasteiger partial charge >= 0.3 is 0 Å². The molecule has 0 aliphatic heterocycles. The molecule has 0 unspecified atom stereocenters. The molecule has 30 heavy (non-hydrogen) atoms. The lowest BCUT2D eigenvalue weighted by Crippen LogP contribution is -2.31. The number of carbonyl (C=O) groups excluding carboxylic acids is 1. The van der Waals surface area contributed by atoms with Crippen molar-refractivity contribution < 1.29 is 13.2 Å². The van der Waals surface area contributed by atoms with Crippen molar-refractivity contribution in [2.24, 2.45) is 12.2 Å². The van der Waals surface area contributed by atoms with Crippen molar-refractivity contribution in [1.82, 2.24) is 19.4 Å². The number of nitrogens with two attached hydrogens (primary N) is 1. The van der Waals surface area contributed by atoms with Crippen molar-refractivity contribution in [3.8, 4) is 11.4 Å². The molecule has 0 radical (unpaired) electrons. The highest BCUT2D eigenvalue weighted by atomic mass is 32.2. The van der Waals surface area contributed by atoms with E-state index in [0.29, 0.717) is 23.5 Å². The summed E-state index contributed by atoms with van der Waals surface area (Å²) in [7, 11) is -2.02. The van der Waals surface area contributed by atoms with Gasteiger partial charge in [-0.15, -0.1) is 0 Å². The molecule has 0 bridgehead atoms. The molecule has 158 valence electrons. The van der Waals surface area contributed by atoms with Gasteiger partial charge in [-0.25, -0.2) is 18.5 Å². The summed E-state index contributed by atoms with van der Waals surface area (Å²) in [6.45, 7) is 2.07. The maximum Gasteiger partial charge on any atom is 0.271 e. The smallest absolute Gasteiger partial charge is 0.271 e. The number of benzene rings is 1. The highest BCUT2D eigenvalue weighted by Gasteiger charge is 2.17. The largest absolute Gasteiger partial charge is 0.350 e. The molecule has 3 rings (SSSR count). The van der Waals surface area contributed by atoms with Gasteiger partial charge in [0.2, 0.25) is 10.0 Å². The van der Waals surface area contributed by atoms with Crippen LogP contribution in [0.15, 0.2) is 53.6 Å². The standard InChI is InChI=1S/C20H23N5O4S/c1-14-10-16(12-24(2)20(14)27)18-23-17(19(26)22-8-9-30(21,28)29)13-25(18)11-15-6-4-3-5-7-15/h3-7,10,12-13H,8-9,11H2,1-2H3,(H,22,26)(H2,21,28,29). The van der Waals surface area contributed by atoms with Crippen molar-refractivity contribution in [1.29, 1.82) is 0 Å². The minimum atomic E-state index is -3.67. The molecule has 0 saturated carbocycles. The van der Waals surface area contributed by atoms with Crippen LogP contribution in [0.4, 0.5) is 0 Å². The van der Waals surface area contributed by atoms with E-state index in [4.69, 9.17) is 5.14 Å². The fraction of sp³-hybridized carbons (Fsp3) is 0.250. The van der Waals surface area contributed by atoms with Gasteiger partial charge in [0.05, 0.1) is 5.75 Å². The van der Waals surface area contributed by atoms with E-state index in [2.05, 4.69) is 10.3 Å². The molecular weight excluding hydrogens is 406 g/mol. The highest BCUT2D eigenvalue weighted by Crippen LogP contribution is 2.20. The lowest BCUT2D eigenvalue weighted by molar-refractivity contribution is 0.0951. The van der Waals surface area contributed by atoms with Crippen molar-refractivity contribution >= 4 is 15.9 Å². The lowest BCUT2D eigenvalue weighted by Gasteiger charge is -2.10. The molecule has 2 aromatic heterocycles. The molecule has 9 nitrogen and oxygen atoms in total. The molecule has 0 aliphatic carbocycles. The number of hydrogen-bond donors (Lipinski definition) is 2. The molecule has 0 aliphatic rings. The number of aromatic nitrogens is 3. The van der Waals surface area contributed by atoms with Gasteiger partial charge in [0.25, 0.3) is 11.5 Å². The Kier molecular flexibility index (Phi) is 6.18. The Bertz CT molecular complexity index is 1200. The fourth-order valence-electron chi connectivity index (χ4n) is 3.05. The van der Waals surface area contributed by atoms with E-state index >= 15 is 0 Å². The zero-order valence-corrected chi connectivity index (χ0v) is 17.5. The molecule has 3 N–H and O–H groups in total. The number of sulfonamides is 1. The second-order valence-corrected chi connectivity index (χ2v) is 8.75. The second-order valence-electron chi connectivity index (χ2n) is 7.01. The number of hydrogen-bond acceptors (Lipinski definition) is 5. The van der Waals surface area contributed by atoms with Gasteiger partial charge in [0, 0.05) is 43.7 Å². The van der Waals surface area contributed by atoms with Gasteiger partial charge in [-0.1, -0.05) is 30.3 Å². The van der Waals surface area contributed by atoms with Crippen LogP contribution in [0, 0.1) is 6.92 Å². The molecule has 0 atom stereocenters. The second kappa shape index (κ2) is 8.64.